The zero-order valence-corrected chi connectivity index (χ0v) is 9.66. The Balaban J connectivity index is 2.06. The molecule has 0 saturated heterocycles. The highest BCUT2D eigenvalue weighted by molar-refractivity contribution is 5.34. The Kier molecular flexibility index (Phi) is 1.96. The van der Waals surface area contributed by atoms with Crippen molar-refractivity contribution in [1.29, 1.82) is 0 Å². The first kappa shape index (κ1) is 9.46. The minimum absolute atomic E-state index is 0.294. The van der Waals surface area contributed by atoms with Gasteiger partial charge in [0, 0.05) is 23.5 Å². The summed E-state index contributed by atoms with van der Waals surface area (Å²) in [7, 11) is 0. The maximum absolute atomic E-state index is 6.17. The van der Waals surface area contributed by atoms with Gasteiger partial charge in [-0.1, -0.05) is 6.92 Å². The number of nitrogens with zero attached hydrogens (tertiary/aromatic N) is 1. The molecule has 0 aromatic carbocycles. The van der Waals surface area contributed by atoms with Gasteiger partial charge in [-0.25, -0.2) is 0 Å². The van der Waals surface area contributed by atoms with Crippen LogP contribution in [0.25, 0.3) is 0 Å². The van der Waals surface area contributed by atoms with Gasteiger partial charge in [-0.05, 0) is 50.2 Å². The third-order valence-corrected chi connectivity index (χ3v) is 4.10. The Morgan fingerprint density at radius 1 is 1.47 bits per heavy atom. The molecule has 15 heavy (non-hydrogen) atoms. The predicted molar refractivity (Wildman–Crippen MR) is 61.9 cm³/mol. The molecular formula is C13H20N2. The summed E-state index contributed by atoms with van der Waals surface area (Å²) < 4.78 is 2.57. The van der Waals surface area contributed by atoms with Crippen molar-refractivity contribution in [3.05, 3.63) is 23.0 Å². The zero-order chi connectivity index (χ0) is 10.6. The minimum Gasteiger partial charge on any atom is -0.345 e. The normalized spacial score (nSPS) is 33.9. The average Bonchev–Trinajstić information content (AvgIpc) is 2.78. The summed E-state index contributed by atoms with van der Waals surface area (Å²) in [6.07, 6.45) is 5.02. The smallest absolute Gasteiger partial charge is 0.0365 e. The van der Waals surface area contributed by atoms with Crippen molar-refractivity contribution in [2.75, 3.05) is 0 Å². The highest BCUT2D eigenvalue weighted by Crippen LogP contribution is 2.46. The summed E-state index contributed by atoms with van der Waals surface area (Å²) in [5, 5.41) is 0. The van der Waals surface area contributed by atoms with E-state index in [-0.39, 0.29) is 0 Å². The lowest BCUT2D eigenvalue weighted by molar-refractivity contribution is 0.533. The van der Waals surface area contributed by atoms with Crippen molar-refractivity contribution in [2.24, 2.45) is 11.7 Å². The second-order valence-corrected chi connectivity index (χ2v) is 5.34. The van der Waals surface area contributed by atoms with Gasteiger partial charge in [0.15, 0.2) is 0 Å². The van der Waals surface area contributed by atoms with E-state index in [1.165, 1.54) is 30.5 Å². The summed E-state index contributed by atoms with van der Waals surface area (Å²) >= 11 is 0. The van der Waals surface area contributed by atoms with Crippen LogP contribution in [0, 0.1) is 12.8 Å². The monoisotopic (exact) mass is 204 g/mol. The molecule has 3 unspecified atom stereocenters. The van der Waals surface area contributed by atoms with Crippen molar-refractivity contribution in [3.63, 3.8) is 0 Å². The van der Waals surface area contributed by atoms with Crippen molar-refractivity contribution in [2.45, 2.75) is 51.6 Å². The van der Waals surface area contributed by atoms with Crippen LogP contribution in [-0.4, -0.2) is 4.57 Å². The third-order valence-electron chi connectivity index (χ3n) is 4.10. The molecule has 1 aromatic rings. The molecule has 0 radical (unpaired) electrons. The fraction of sp³-hybridized carbons (Fsp3) is 0.692. The molecule has 0 spiro atoms. The molecule has 0 bridgehead atoms. The van der Waals surface area contributed by atoms with Gasteiger partial charge in [0.05, 0.1) is 0 Å². The maximum atomic E-state index is 6.17. The van der Waals surface area contributed by atoms with E-state index in [1.807, 2.05) is 0 Å². The van der Waals surface area contributed by atoms with Crippen LogP contribution in [-0.2, 0) is 6.42 Å². The Bertz CT molecular complexity index is 391. The molecule has 1 saturated carbocycles. The number of hydrogen-bond donors (Lipinski definition) is 1. The Hall–Kier alpha value is -0.760. The van der Waals surface area contributed by atoms with Gasteiger partial charge in [0.25, 0.3) is 0 Å². The van der Waals surface area contributed by atoms with E-state index in [0.717, 1.165) is 18.4 Å². The van der Waals surface area contributed by atoms with Gasteiger partial charge in [0.2, 0.25) is 0 Å². The largest absolute Gasteiger partial charge is 0.345 e. The van der Waals surface area contributed by atoms with Gasteiger partial charge in [-0.3, -0.25) is 0 Å². The van der Waals surface area contributed by atoms with E-state index < -0.39 is 0 Å². The van der Waals surface area contributed by atoms with Crippen LogP contribution < -0.4 is 5.73 Å². The SMILES string of the molecule is Cc1cc2c(n1C1CC1C)CCCC2N. The number of aryl methyl sites for hydroxylation is 1. The molecule has 3 rings (SSSR count). The van der Waals surface area contributed by atoms with Crippen molar-refractivity contribution in [1.82, 2.24) is 4.57 Å². The van der Waals surface area contributed by atoms with Crippen LogP contribution in [0.3, 0.4) is 0 Å². The van der Waals surface area contributed by atoms with Gasteiger partial charge in [-0.2, -0.15) is 0 Å². The summed E-state index contributed by atoms with van der Waals surface area (Å²) in [6, 6.07) is 3.39. The number of hydrogen-bond acceptors (Lipinski definition) is 1. The first-order valence-corrected chi connectivity index (χ1v) is 6.14. The van der Waals surface area contributed by atoms with Crippen LogP contribution in [0.1, 0.15) is 55.2 Å². The van der Waals surface area contributed by atoms with E-state index in [9.17, 15) is 0 Å². The number of nitrogens with two attached hydrogens (primary N) is 1. The molecular weight excluding hydrogens is 184 g/mol. The second kappa shape index (κ2) is 3.11. The molecule has 2 nitrogen and oxygen atoms in total. The van der Waals surface area contributed by atoms with Gasteiger partial charge < -0.3 is 10.3 Å². The lowest BCUT2D eigenvalue weighted by atomic mass is 9.93. The number of rotatable bonds is 1. The fourth-order valence-corrected chi connectivity index (χ4v) is 3.08. The molecule has 2 aliphatic carbocycles. The Labute approximate surface area is 91.5 Å². The molecule has 2 heteroatoms. The molecule has 0 amide bonds. The molecule has 0 aliphatic heterocycles. The van der Waals surface area contributed by atoms with E-state index in [1.54, 1.807) is 5.69 Å². The summed E-state index contributed by atoms with van der Waals surface area (Å²) in [5.41, 5.74) is 10.6. The average molecular weight is 204 g/mol. The Morgan fingerprint density at radius 3 is 2.87 bits per heavy atom. The third kappa shape index (κ3) is 1.35. The van der Waals surface area contributed by atoms with Crippen LogP contribution in [0.2, 0.25) is 0 Å². The van der Waals surface area contributed by atoms with E-state index in [0.29, 0.717) is 6.04 Å². The van der Waals surface area contributed by atoms with Crippen molar-refractivity contribution < 1.29 is 0 Å². The molecule has 1 aromatic heterocycles. The zero-order valence-electron chi connectivity index (χ0n) is 9.66. The summed E-state index contributed by atoms with van der Waals surface area (Å²) in [5.74, 6) is 0.873. The van der Waals surface area contributed by atoms with E-state index >= 15 is 0 Å². The molecule has 3 atom stereocenters. The summed E-state index contributed by atoms with van der Waals surface area (Å²) in [6.45, 7) is 4.58. The molecule has 1 heterocycles. The quantitative estimate of drug-likeness (QED) is 0.749. The standard InChI is InChI=1S/C13H20N2/c1-8-6-13(8)15-9(2)7-10-11(14)4-3-5-12(10)15/h7-8,11,13H,3-6,14H2,1-2H3. The lowest BCUT2D eigenvalue weighted by Gasteiger charge is -2.21. The second-order valence-electron chi connectivity index (χ2n) is 5.34. The summed E-state index contributed by atoms with van der Waals surface area (Å²) in [4.78, 5) is 0. The van der Waals surface area contributed by atoms with E-state index in [2.05, 4.69) is 24.5 Å². The van der Waals surface area contributed by atoms with Crippen LogP contribution in [0.5, 0.6) is 0 Å². The first-order valence-electron chi connectivity index (χ1n) is 6.14. The van der Waals surface area contributed by atoms with E-state index in [4.69, 9.17) is 5.73 Å². The minimum atomic E-state index is 0.294. The topological polar surface area (TPSA) is 30.9 Å². The van der Waals surface area contributed by atoms with Gasteiger partial charge >= 0.3 is 0 Å². The van der Waals surface area contributed by atoms with Crippen molar-refractivity contribution in [3.8, 4) is 0 Å². The van der Waals surface area contributed by atoms with Crippen LogP contribution in [0.15, 0.2) is 6.07 Å². The highest BCUT2D eigenvalue weighted by Gasteiger charge is 2.37. The first-order chi connectivity index (χ1) is 7.18. The fourth-order valence-electron chi connectivity index (χ4n) is 3.08. The molecule has 2 aliphatic rings. The Morgan fingerprint density at radius 2 is 2.20 bits per heavy atom. The van der Waals surface area contributed by atoms with Gasteiger partial charge in [-0.15, -0.1) is 0 Å². The molecule has 2 N–H and O–H groups in total. The maximum Gasteiger partial charge on any atom is 0.0365 e. The van der Waals surface area contributed by atoms with Crippen molar-refractivity contribution >= 4 is 0 Å². The van der Waals surface area contributed by atoms with Crippen LogP contribution in [0.4, 0.5) is 0 Å². The highest BCUT2D eigenvalue weighted by atomic mass is 15.1. The molecule has 1 fully saturated rings. The number of fused-ring (bicyclic) bond motifs is 1. The number of aromatic nitrogens is 1. The predicted octanol–water partition coefficient (Wildman–Crippen LogP) is 2.71. The van der Waals surface area contributed by atoms with Crippen LogP contribution >= 0.6 is 0 Å². The lowest BCUT2D eigenvalue weighted by Crippen LogP contribution is -2.18. The molecule has 82 valence electrons. The van der Waals surface area contributed by atoms with Gasteiger partial charge in [0.1, 0.15) is 0 Å².